The van der Waals surface area contributed by atoms with Gasteiger partial charge in [-0.25, -0.2) is 4.98 Å². The maximum absolute atomic E-state index is 13.7. The second-order valence-corrected chi connectivity index (χ2v) is 10.1. The molecule has 0 aliphatic carbocycles. The van der Waals surface area contributed by atoms with E-state index in [4.69, 9.17) is 4.74 Å². The third-order valence-electron chi connectivity index (χ3n) is 7.88. The summed E-state index contributed by atoms with van der Waals surface area (Å²) in [6.45, 7) is 9.37. The fraction of sp³-hybridized carbons (Fsp3) is 0.517. The van der Waals surface area contributed by atoms with Gasteiger partial charge < -0.3 is 14.5 Å². The number of hydrogen-bond donors (Lipinski definition) is 0. The number of morpholine rings is 1. The normalized spacial score (nSPS) is 21.7. The van der Waals surface area contributed by atoms with Crippen LogP contribution in [0.4, 0.5) is 18.9 Å². The fourth-order valence-electron chi connectivity index (χ4n) is 5.71. The lowest BCUT2D eigenvalue weighted by molar-refractivity contribution is -0.137. The Morgan fingerprint density at radius 2 is 1.90 bits per heavy atom. The predicted octanol–water partition coefficient (Wildman–Crippen LogP) is 4.65. The van der Waals surface area contributed by atoms with Gasteiger partial charge in [-0.3, -0.25) is 9.69 Å². The van der Waals surface area contributed by atoms with Gasteiger partial charge in [0, 0.05) is 50.0 Å². The maximum Gasteiger partial charge on any atom is 0.416 e. The Morgan fingerprint density at radius 3 is 2.52 bits per heavy atom. The van der Waals surface area contributed by atoms with Gasteiger partial charge in [-0.2, -0.15) is 23.4 Å². The molecule has 3 atom stereocenters. The van der Waals surface area contributed by atoms with E-state index in [1.54, 1.807) is 24.3 Å². The Bertz CT molecular complexity index is 1260. The summed E-state index contributed by atoms with van der Waals surface area (Å²) in [5.41, 5.74) is 1.48. The van der Waals surface area contributed by atoms with E-state index >= 15 is 0 Å². The van der Waals surface area contributed by atoms with Crippen LogP contribution in [-0.2, 0) is 15.7 Å². The van der Waals surface area contributed by atoms with Crippen LogP contribution in [0, 0.1) is 11.3 Å². The van der Waals surface area contributed by atoms with Crippen molar-refractivity contribution in [3.8, 4) is 6.07 Å². The topological polar surface area (TPSA) is 85.1 Å². The second-order valence-electron chi connectivity index (χ2n) is 10.1. The van der Waals surface area contributed by atoms with Gasteiger partial charge in [0.25, 0.3) is 0 Å². The van der Waals surface area contributed by atoms with Crippen LogP contribution in [-0.4, -0.2) is 78.5 Å². The molecule has 1 aromatic heterocycles. The molecule has 1 aromatic carbocycles. The summed E-state index contributed by atoms with van der Waals surface area (Å²) < 4.78 is 46.5. The third kappa shape index (κ3) is 6.29. The number of carbonyl (C=O) groups is 1. The van der Waals surface area contributed by atoms with Crippen molar-refractivity contribution in [1.29, 1.82) is 5.26 Å². The number of pyridine rings is 1. The quantitative estimate of drug-likeness (QED) is 0.279. The number of amides is 1. The summed E-state index contributed by atoms with van der Waals surface area (Å²) in [7, 11) is 0. The zero-order valence-corrected chi connectivity index (χ0v) is 23.1. The van der Waals surface area contributed by atoms with E-state index in [2.05, 4.69) is 40.5 Å². The van der Waals surface area contributed by atoms with E-state index in [-0.39, 0.29) is 23.8 Å². The van der Waals surface area contributed by atoms with Crippen molar-refractivity contribution in [2.75, 3.05) is 44.3 Å². The van der Waals surface area contributed by atoms with Gasteiger partial charge in [0.15, 0.2) is 5.84 Å². The lowest BCUT2D eigenvalue weighted by Gasteiger charge is -2.50. The largest absolute Gasteiger partial charge is 0.416 e. The van der Waals surface area contributed by atoms with Crippen LogP contribution in [0.1, 0.15) is 62.2 Å². The van der Waals surface area contributed by atoms with Crippen molar-refractivity contribution in [2.45, 2.75) is 57.9 Å². The summed E-state index contributed by atoms with van der Waals surface area (Å²) in [6.07, 6.45) is -2.40. The van der Waals surface area contributed by atoms with E-state index in [0.717, 1.165) is 18.4 Å². The fourth-order valence-corrected chi connectivity index (χ4v) is 5.71. The average Bonchev–Trinajstić information content (AvgIpc) is 2.98. The number of anilines is 1. The molecular weight excluding hydrogens is 521 g/mol. The molecular formula is C29H35F3N6O2. The number of nitriles is 1. The van der Waals surface area contributed by atoms with Crippen molar-refractivity contribution in [3.05, 3.63) is 58.9 Å². The Morgan fingerprint density at radius 1 is 1.18 bits per heavy atom. The van der Waals surface area contributed by atoms with E-state index in [1.807, 2.05) is 11.0 Å². The SMILES string of the molecule is CC[C@H]1CN(C(C)c2ccc(C(F)(F)F)cc2N2CCOCC2)[C@H](CC)CN1/C(=N/C=O)c1cccc(C#N)n1. The highest BCUT2D eigenvalue weighted by Gasteiger charge is 2.39. The number of alkyl halides is 3. The maximum atomic E-state index is 13.7. The molecule has 214 valence electrons. The first-order valence-corrected chi connectivity index (χ1v) is 13.7. The Hall–Kier alpha value is -3.49. The zero-order chi connectivity index (χ0) is 28.9. The number of hydrogen-bond acceptors (Lipinski definition) is 6. The number of amidine groups is 1. The predicted molar refractivity (Wildman–Crippen MR) is 146 cm³/mol. The van der Waals surface area contributed by atoms with Crippen LogP contribution in [0.25, 0.3) is 0 Å². The number of halogens is 3. The number of carbonyl (C=O) groups excluding carboxylic acids is 1. The molecule has 2 aliphatic heterocycles. The molecule has 40 heavy (non-hydrogen) atoms. The monoisotopic (exact) mass is 556 g/mol. The molecule has 8 nitrogen and oxygen atoms in total. The van der Waals surface area contributed by atoms with Crippen molar-refractivity contribution < 1.29 is 22.7 Å². The van der Waals surface area contributed by atoms with Gasteiger partial charge in [-0.15, -0.1) is 0 Å². The molecule has 0 bridgehead atoms. The van der Waals surface area contributed by atoms with Crippen molar-refractivity contribution in [1.82, 2.24) is 14.8 Å². The average molecular weight is 557 g/mol. The molecule has 3 heterocycles. The zero-order valence-electron chi connectivity index (χ0n) is 23.1. The van der Waals surface area contributed by atoms with Crippen LogP contribution < -0.4 is 4.90 Å². The molecule has 2 saturated heterocycles. The smallest absolute Gasteiger partial charge is 0.378 e. The molecule has 0 radical (unpaired) electrons. The molecule has 0 saturated carbocycles. The molecule has 1 unspecified atom stereocenters. The number of rotatable bonds is 7. The first-order valence-electron chi connectivity index (χ1n) is 13.7. The standard InChI is InChI=1S/C29H35F3N6O2/c1-4-23-18-38(28(34-19-39)26-8-6-7-22(16-33)35-26)24(5-2)17-37(23)20(3)25-10-9-21(29(30,31)32)15-27(25)36-11-13-40-14-12-36/h6-10,15,19-20,23-24H,4-5,11-14,17-18H2,1-3H3/b34-28+/t20?,23-,24+/m1/s1. The molecule has 0 spiro atoms. The first kappa shape index (κ1) is 29.5. The molecule has 2 fully saturated rings. The van der Waals surface area contributed by atoms with E-state index in [0.29, 0.717) is 63.0 Å². The lowest BCUT2D eigenvalue weighted by atomic mass is 9.94. The van der Waals surface area contributed by atoms with Crippen molar-refractivity contribution in [2.24, 2.45) is 4.99 Å². The number of benzene rings is 1. The van der Waals surface area contributed by atoms with Gasteiger partial charge in [-0.05, 0) is 49.6 Å². The molecule has 0 N–H and O–H groups in total. The van der Waals surface area contributed by atoms with Crippen LogP contribution in [0.3, 0.4) is 0 Å². The minimum absolute atomic E-state index is 0.0298. The molecule has 2 aliphatic rings. The third-order valence-corrected chi connectivity index (χ3v) is 7.88. The summed E-state index contributed by atoms with van der Waals surface area (Å²) in [5.74, 6) is 0.424. The minimum atomic E-state index is -4.43. The molecule has 11 heteroatoms. The summed E-state index contributed by atoms with van der Waals surface area (Å²) >= 11 is 0. The van der Waals surface area contributed by atoms with E-state index in [1.165, 1.54) is 12.1 Å². The molecule has 1 amide bonds. The second kappa shape index (κ2) is 12.8. The molecule has 2 aromatic rings. The van der Waals surface area contributed by atoms with Crippen LogP contribution in [0.2, 0.25) is 0 Å². The lowest BCUT2D eigenvalue weighted by Crippen LogP contribution is -2.60. The van der Waals surface area contributed by atoms with Crippen LogP contribution >= 0.6 is 0 Å². The Balaban J connectivity index is 1.69. The van der Waals surface area contributed by atoms with Gasteiger partial charge >= 0.3 is 6.18 Å². The highest BCUT2D eigenvalue weighted by molar-refractivity contribution is 6.00. The summed E-state index contributed by atoms with van der Waals surface area (Å²) in [5, 5.41) is 9.33. The van der Waals surface area contributed by atoms with Crippen molar-refractivity contribution >= 4 is 17.9 Å². The number of nitrogens with zero attached hydrogens (tertiary/aromatic N) is 6. The van der Waals surface area contributed by atoms with Crippen LogP contribution in [0.15, 0.2) is 41.4 Å². The number of aromatic nitrogens is 1. The van der Waals surface area contributed by atoms with Crippen molar-refractivity contribution in [3.63, 3.8) is 0 Å². The number of aliphatic imine (C=N–C) groups is 1. The number of ether oxygens (including phenoxy) is 1. The highest BCUT2D eigenvalue weighted by atomic mass is 19.4. The summed E-state index contributed by atoms with van der Waals surface area (Å²) in [4.78, 5) is 26.5. The van der Waals surface area contributed by atoms with Gasteiger partial charge in [-0.1, -0.05) is 26.0 Å². The Labute approximate surface area is 233 Å². The van der Waals surface area contributed by atoms with E-state index in [9.17, 15) is 23.2 Å². The van der Waals surface area contributed by atoms with Gasteiger partial charge in [0.1, 0.15) is 17.5 Å². The highest BCUT2D eigenvalue weighted by Crippen LogP contribution is 2.39. The van der Waals surface area contributed by atoms with E-state index < -0.39 is 11.7 Å². The minimum Gasteiger partial charge on any atom is -0.378 e. The van der Waals surface area contributed by atoms with Gasteiger partial charge in [0.2, 0.25) is 6.41 Å². The Kier molecular flexibility index (Phi) is 9.43. The first-order chi connectivity index (χ1) is 19.2. The molecule has 4 rings (SSSR count). The van der Waals surface area contributed by atoms with Crippen LogP contribution in [0.5, 0.6) is 0 Å². The summed E-state index contributed by atoms with van der Waals surface area (Å²) in [6, 6.07) is 11.0. The van der Waals surface area contributed by atoms with Gasteiger partial charge in [0.05, 0.1) is 18.8 Å². The number of piperazine rings is 1.